The fraction of sp³-hybridized carbons (Fsp3) is 0. The molecule has 0 aliphatic heterocycles. The van der Waals surface area contributed by atoms with Crippen LogP contribution in [0, 0.1) is 0 Å². The summed E-state index contributed by atoms with van der Waals surface area (Å²) in [5, 5.41) is 14.7. The minimum atomic E-state index is 0.521. The largest absolute Gasteiger partial charge is 0.272 e. The molecular weight excluding hydrogens is 214 g/mol. The maximum absolute atomic E-state index is 4.24. The van der Waals surface area contributed by atoms with Crippen LogP contribution in [-0.4, -0.2) is 24.8 Å². The molecule has 2 heterocycles. The van der Waals surface area contributed by atoms with E-state index < -0.39 is 0 Å². The average Bonchev–Trinajstić information content (AvgIpc) is 2.86. The summed E-state index contributed by atoms with van der Waals surface area (Å²) in [5.41, 5.74) is 1.77. The van der Waals surface area contributed by atoms with Gasteiger partial charge in [0, 0.05) is 5.39 Å². The van der Waals surface area contributed by atoms with Crippen molar-refractivity contribution in [2.24, 2.45) is 0 Å². The standard InChI is InChI=1S/C12H7N5/c1-2-4-9-8(3-1)5-6-10-11(9)15-16-12-13-7-14-17(10)12/h1-7H. The van der Waals surface area contributed by atoms with Crippen LogP contribution in [0.4, 0.5) is 0 Å². The summed E-state index contributed by atoms with van der Waals surface area (Å²) in [6, 6.07) is 12.1. The molecule has 0 amide bonds. The van der Waals surface area contributed by atoms with Gasteiger partial charge in [-0.1, -0.05) is 30.3 Å². The third kappa shape index (κ3) is 1.08. The lowest BCUT2D eigenvalue weighted by molar-refractivity contribution is 0.942. The van der Waals surface area contributed by atoms with Crippen molar-refractivity contribution in [3.8, 4) is 0 Å². The molecule has 2 aromatic heterocycles. The Labute approximate surface area is 95.7 Å². The van der Waals surface area contributed by atoms with Crippen molar-refractivity contribution in [2.45, 2.75) is 0 Å². The number of rotatable bonds is 0. The van der Waals surface area contributed by atoms with E-state index in [9.17, 15) is 0 Å². The Morgan fingerprint density at radius 3 is 2.88 bits per heavy atom. The van der Waals surface area contributed by atoms with Crippen molar-refractivity contribution >= 4 is 27.6 Å². The Balaban J connectivity index is 2.34. The van der Waals surface area contributed by atoms with Crippen molar-refractivity contribution in [3.05, 3.63) is 42.7 Å². The number of nitrogens with zero attached hydrogens (tertiary/aromatic N) is 5. The molecule has 0 spiro atoms. The van der Waals surface area contributed by atoms with Gasteiger partial charge in [0.1, 0.15) is 11.8 Å². The zero-order valence-corrected chi connectivity index (χ0v) is 8.78. The molecule has 5 nitrogen and oxygen atoms in total. The lowest BCUT2D eigenvalue weighted by Crippen LogP contribution is -1.97. The summed E-state index contributed by atoms with van der Waals surface area (Å²) >= 11 is 0. The Kier molecular flexibility index (Phi) is 1.50. The van der Waals surface area contributed by atoms with Crippen molar-refractivity contribution in [2.75, 3.05) is 0 Å². The summed E-state index contributed by atoms with van der Waals surface area (Å²) in [5.74, 6) is 0.521. The maximum atomic E-state index is 4.24. The highest BCUT2D eigenvalue weighted by Gasteiger charge is 2.07. The maximum Gasteiger partial charge on any atom is 0.272 e. The fourth-order valence-electron chi connectivity index (χ4n) is 2.09. The molecule has 4 aromatic rings. The second-order valence-corrected chi connectivity index (χ2v) is 3.83. The predicted octanol–water partition coefficient (Wildman–Crippen LogP) is 1.83. The van der Waals surface area contributed by atoms with E-state index in [0.29, 0.717) is 5.78 Å². The molecule has 0 N–H and O–H groups in total. The van der Waals surface area contributed by atoms with Crippen LogP contribution >= 0.6 is 0 Å². The highest BCUT2D eigenvalue weighted by atomic mass is 15.4. The number of hydrogen-bond acceptors (Lipinski definition) is 4. The first-order valence-corrected chi connectivity index (χ1v) is 5.27. The van der Waals surface area contributed by atoms with Gasteiger partial charge in [-0.25, -0.2) is 0 Å². The zero-order chi connectivity index (χ0) is 11.2. The minimum Gasteiger partial charge on any atom is -0.196 e. The average molecular weight is 221 g/mol. The molecular formula is C12H7N5. The van der Waals surface area contributed by atoms with E-state index in [2.05, 4.69) is 32.4 Å². The summed E-state index contributed by atoms with van der Waals surface area (Å²) in [6.45, 7) is 0. The third-order valence-electron chi connectivity index (χ3n) is 2.88. The molecule has 4 rings (SSSR count). The van der Waals surface area contributed by atoms with Crippen LogP contribution in [-0.2, 0) is 0 Å². The SMILES string of the molecule is c1ccc2c(c1)ccc1c2nnc2ncnn21. The molecule has 17 heavy (non-hydrogen) atoms. The Morgan fingerprint density at radius 1 is 0.941 bits per heavy atom. The van der Waals surface area contributed by atoms with E-state index in [-0.39, 0.29) is 0 Å². The quantitative estimate of drug-likeness (QED) is 0.425. The highest BCUT2D eigenvalue weighted by Crippen LogP contribution is 2.22. The number of aromatic nitrogens is 5. The molecule has 0 bridgehead atoms. The van der Waals surface area contributed by atoms with Gasteiger partial charge in [-0.15, -0.1) is 10.2 Å². The molecule has 0 saturated carbocycles. The molecule has 5 heteroatoms. The summed E-state index contributed by atoms with van der Waals surface area (Å²) in [6.07, 6.45) is 1.48. The van der Waals surface area contributed by atoms with E-state index in [0.717, 1.165) is 21.8 Å². The Hall–Kier alpha value is -2.56. The smallest absolute Gasteiger partial charge is 0.196 e. The molecule has 0 saturated heterocycles. The van der Waals surface area contributed by atoms with Crippen molar-refractivity contribution < 1.29 is 0 Å². The normalized spacial score (nSPS) is 11.5. The van der Waals surface area contributed by atoms with Crippen LogP contribution in [0.3, 0.4) is 0 Å². The lowest BCUT2D eigenvalue weighted by Gasteiger charge is -2.02. The Bertz CT molecular complexity index is 849. The lowest BCUT2D eigenvalue weighted by atomic mass is 10.1. The molecule has 0 unspecified atom stereocenters. The summed E-state index contributed by atoms with van der Waals surface area (Å²) in [7, 11) is 0. The topological polar surface area (TPSA) is 56.0 Å². The van der Waals surface area contributed by atoms with Gasteiger partial charge in [-0.05, 0) is 11.5 Å². The number of benzene rings is 2. The summed E-state index contributed by atoms with van der Waals surface area (Å²) < 4.78 is 1.70. The van der Waals surface area contributed by atoms with Crippen molar-refractivity contribution in [1.82, 2.24) is 24.8 Å². The summed E-state index contributed by atoms with van der Waals surface area (Å²) in [4.78, 5) is 4.03. The van der Waals surface area contributed by atoms with Gasteiger partial charge in [0.05, 0.1) is 5.52 Å². The first-order chi connectivity index (χ1) is 8.43. The van der Waals surface area contributed by atoms with E-state index in [1.165, 1.54) is 6.33 Å². The fourth-order valence-corrected chi connectivity index (χ4v) is 2.09. The molecule has 0 fully saturated rings. The Morgan fingerprint density at radius 2 is 1.88 bits per heavy atom. The van der Waals surface area contributed by atoms with Crippen LogP contribution in [0.15, 0.2) is 42.7 Å². The van der Waals surface area contributed by atoms with Gasteiger partial charge in [0.2, 0.25) is 0 Å². The minimum absolute atomic E-state index is 0.521. The van der Waals surface area contributed by atoms with Gasteiger partial charge in [-0.3, -0.25) is 0 Å². The van der Waals surface area contributed by atoms with Crippen LogP contribution in [0.25, 0.3) is 27.6 Å². The molecule has 0 atom stereocenters. The van der Waals surface area contributed by atoms with Crippen LogP contribution in [0.2, 0.25) is 0 Å². The molecule has 0 aliphatic rings. The first kappa shape index (κ1) is 8.58. The van der Waals surface area contributed by atoms with E-state index in [4.69, 9.17) is 0 Å². The molecule has 2 aromatic carbocycles. The van der Waals surface area contributed by atoms with Gasteiger partial charge in [0.25, 0.3) is 5.78 Å². The van der Waals surface area contributed by atoms with Crippen molar-refractivity contribution in [3.63, 3.8) is 0 Å². The van der Waals surface area contributed by atoms with Crippen LogP contribution in [0.1, 0.15) is 0 Å². The van der Waals surface area contributed by atoms with Crippen molar-refractivity contribution in [1.29, 1.82) is 0 Å². The van der Waals surface area contributed by atoms with Gasteiger partial charge in [0.15, 0.2) is 0 Å². The van der Waals surface area contributed by atoms with Gasteiger partial charge in [-0.2, -0.15) is 14.6 Å². The van der Waals surface area contributed by atoms with Gasteiger partial charge < -0.3 is 0 Å². The monoisotopic (exact) mass is 221 g/mol. The molecule has 0 aliphatic carbocycles. The molecule has 0 radical (unpaired) electrons. The predicted molar refractivity (Wildman–Crippen MR) is 63.6 cm³/mol. The van der Waals surface area contributed by atoms with E-state index >= 15 is 0 Å². The van der Waals surface area contributed by atoms with Crippen LogP contribution in [0.5, 0.6) is 0 Å². The zero-order valence-electron chi connectivity index (χ0n) is 8.78. The van der Waals surface area contributed by atoms with E-state index in [1.54, 1.807) is 4.52 Å². The first-order valence-electron chi connectivity index (χ1n) is 5.27. The second kappa shape index (κ2) is 2.98. The van der Waals surface area contributed by atoms with Gasteiger partial charge >= 0.3 is 0 Å². The highest BCUT2D eigenvalue weighted by molar-refractivity contribution is 6.03. The number of fused-ring (bicyclic) bond motifs is 5. The van der Waals surface area contributed by atoms with Crippen LogP contribution < -0.4 is 0 Å². The number of hydrogen-bond donors (Lipinski definition) is 0. The molecule has 80 valence electrons. The van der Waals surface area contributed by atoms with E-state index in [1.807, 2.05) is 24.3 Å². The second-order valence-electron chi connectivity index (χ2n) is 3.83. The third-order valence-corrected chi connectivity index (χ3v) is 2.88.